The summed E-state index contributed by atoms with van der Waals surface area (Å²) in [6.07, 6.45) is 3.10. The summed E-state index contributed by atoms with van der Waals surface area (Å²) in [7, 11) is 0. The van der Waals surface area contributed by atoms with Gasteiger partial charge in [-0.25, -0.2) is 9.07 Å². The maximum absolute atomic E-state index is 13.8. The monoisotopic (exact) mass is 329 g/mol. The van der Waals surface area contributed by atoms with Crippen molar-refractivity contribution in [2.45, 2.75) is 19.9 Å². The van der Waals surface area contributed by atoms with Crippen molar-refractivity contribution < 1.29 is 8.81 Å². The second-order valence-electron chi connectivity index (χ2n) is 5.18. The Kier molecular flexibility index (Phi) is 4.52. The zero-order valence-corrected chi connectivity index (χ0v) is 13.6. The highest BCUT2D eigenvalue weighted by molar-refractivity contribution is 7.07. The molecule has 1 aromatic carbocycles. The van der Waals surface area contributed by atoms with Crippen LogP contribution in [0.5, 0.6) is 0 Å². The van der Waals surface area contributed by atoms with Crippen LogP contribution in [0.15, 0.2) is 62.6 Å². The Bertz CT molecular complexity index is 875. The van der Waals surface area contributed by atoms with Gasteiger partial charge in [0.1, 0.15) is 11.5 Å². The summed E-state index contributed by atoms with van der Waals surface area (Å²) in [5.74, 6) is 0.381. The molecule has 2 aromatic heterocycles. The first-order chi connectivity index (χ1) is 11.1. The van der Waals surface area contributed by atoms with E-state index in [-0.39, 0.29) is 11.9 Å². The lowest BCUT2D eigenvalue weighted by Crippen LogP contribution is -2.14. The maximum atomic E-state index is 13.8. The lowest BCUT2D eigenvalue weighted by Gasteiger charge is -2.02. The normalized spacial score (nSPS) is 12.6. The van der Waals surface area contributed by atoms with Gasteiger partial charge in [0.05, 0.1) is 12.5 Å². The van der Waals surface area contributed by atoms with Gasteiger partial charge in [-0.15, -0.1) is 11.3 Å². The van der Waals surface area contributed by atoms with Crippen molar-refractivity contribution >= 4 is 17.6 Å². The van der Waals surface area contributed by atoms with Crippen molar-refractivity contribution in [2.75, 3.05) is 0 Å². The van der Waals surface area contributed by atoms with Gasteiger partial charge < -0.3 is 4.42 Å². The highest BCUT2D eigenvalue weighted by Crippen LogP contribution is 2.20. The van der Waals surface area contributed by atoms with Crippen molar-refractivity contribution in [1.82, 2.24) is 4.68 Å². The predicted molar refractivity (Wildman–Crippen MR) is 90.1 cm³/mol. The summed E-state index contributed by atoms with van der Waals surface area (Å²) in [5.41, 5.74) is 1.21. The fourth-order valence-corrected chi connectivity index (χ4v) is 2.97. The summed E-state index contributed by atoms with van der Waals surface area (Å²) in [5, 5.41) is 6.34. The van der Waals surface area contributed by atoms with Gasteiger partial charge in [-0.1, -0.05) is 18.2 Å². The van der Waals surface area contributed by atoms with E-state index in [0.29, 0.717) is 11.3 Å². The average Bonchev–Trinajstić information content (AvgIpc) is 3.15. The third-order valence-corrected chi connectivity index (χ3v) is 3.88. The van der Waals surface area contributed by atoms with Gasteiger partial charge in [0.2, 0.25) is 4.80 Å². The Morgan fingerprint density at radius 3 is 2.74 bits per heavy atom. The molecule has 6 heteroatoms. The van der Waals surface area contributed by atoms with Crippen molar-refractivity contribution in [2.24, 2.45) is 10.1 Å². The first-order valence-electron chi connectivity index (χ1n) is 7.22. The SMILES string of the molecule is CC(C)N=c1scc(-c2ccco2)n1N=Cc1ccccc1F. The number of hydrogen-bond donors (Lipinski definition) is 0. The van der Waals surface area contributed by atoms with E-state index in [2.05, 4.69) is 10.1 Å². The lowest BCUT2D eigenvalue weighted by molar-refractivity contribution is 0.574. The molecule has 0 radical (unpaired) electrons. The molecule has 118 valence electrons. The lowest BCUT2D eigenvalue weighted by atomic mass is 10.2. The van der Waals surface area contributed by atoms with E-state index in [9.17, 15) is 4.39 Å². The summed E-state index contributed by atoms with van der Waals surface area (Å²) in [6, 6.07) is 10.3. The molecule has 4 nitrogen and oxygen atoms in total. The molecular formula is C17H16FN3OS. The number of nitrogens with zero attached hydrogens (tertiary/aromatic N) is 3. The van der Waals surface area contributed by atoms with Gasteiger partial charge >= 0.3 is 0 Å². The molecule has 0 atom stereocenters. The fourth-order valence-electron chi connectivity index (χ4n) is 2.02. The molecule has 0 aliphatic rings. The van der Waals surface area contributed by atoms with Crippen molar-refractivity contribution in [3.63, 3.8) is 0 Å². The van der Waals surface area contributed by atoms with Crippen LogP contribution in [0.1, 0.15) is 19.4 Å². The van der Waals surface area contributed by atoms with Crippen molar-refractivity contribution in [1.29, 1.82) is 0 Å². The largest absolute Gasteiger partial charge is 0.463 e. The average molecular weight is 329 g/mol. The van der Waals surface area contributed by atoms with E-state index in [4.69, 9.17) is 4.42 Å². The van der Waals surface area contributed by atoms with Crippen LogP contribution in [0.4, 0.5) is 4.39 Å². The smallest absolute Gasteiger partial charge is 0.206 e. The number of thiazole rings is 1. The molecule has 0 unspecified atom stereocenters. The highest BCUT2D eigenvalue weighted by atomic mass is 32.1. The Labute approximate surface area is 137 Å². The van der Waals surface area contributed by atoms with Gasteiger partial charge in [0, 0.05) is 17.0 Å². The van der Waals surface area contributed by atoms with Crippen molar-refractivity contribution in [3.05, 3.63) is 64.2 Å². The summed E-state index contributed by atoms with van der Waals surface area (Å²) in [4.78, 5) is 5.29. The molecular weight excluding hydrogens is 313 g/mol. The number of rotatable bonds is 4. The van der Waals surface area contributed by atoms with Crippen molar-refractivity contribution in [3.8, 4) is 11.5 Å². The van der Waals surface area contributed by atoms with Crippen LogP contribution in [0.25, 0.3) is 11.5 Å². The zero-order valence-electron chi connectivity index (χ0n) is 12.8. The molecule has 3 rings (SSSR count). The second kappa shape index (κ2) is 6.75. The number of aromatic nitrogens is 1. The van der Waals surface area contributed by atoms with Gasteiger partial charge in [-0.2, -0.15) is 5.10 Å². The second-order valence-corrected chi connectivity index (χ2v) is 6.02. The first kappa shape index (κ1) is 15.4. The molecule has 0 aliphatic carbocycles. The Morgan fingerprint density at radius 2 is 2.04 bits per heavy atom. The van der Waals surface area contributed by atoms with Gasteiger partial charge in [-0.3, -0.25) is 4.99 Å². The van der Waals surface area contributed by atoms with E-state index in [0.717, 1.165) is 10.5 Å². The molecule has 0 aliphatic heterocycles. The van der Waals surface area contributed by atoms with Crippen LogP contribution in [0, 0.1) is 5.82 Å². The van der Waals surface area contributed by atoms with E-state index < -0.39 is 0 Å². The number of halogens is 1. The number of hydrogen-bond acceptors (Lipinski definition) is 4. The third-order valence-electron chi connectivity index (χ3n) is 3.05. The predicted octanol–water partition coefficient (Wildman–Crippen LogP) is 4.14. The number of benzene rings is 1. The first-order valence-corrected chi connectivity index (χ1v) is 8.10. The fraction of sp³-hybridized carbons (Fsp3) is 0.176. The minimum absolute atomic E-state index is 0.132. The molecule has 0 bridgehead atoms. The molecule has 0 N–H and O–H groups in total. The summed E-state index contributed by atoms with van der Waals surface area (Å²) >= 11 is 1.47. The van der Waals surface area contributed by atoms with E-state index >= 15 is 0 Å². The molecule has 0 saturated carbocycles. The van der Waals surface area contributed by atoms with E-state index in [1.807, 2.05) is 31.4 Å². The minimum atomic E-state index is -0.311. The highest BCUT2D eigenvalue weighted by Gasteiger charge is 2.10. The van der Waals surface area contributed by atoms with E-state index in [1.54, 1.807) is 29.1 Å². The maximum Gasteiger partial charge on any atom is 0.206 e. The topological polar surface area (TPSA) is 42.8 Å². The Morgan fingerprint density at radius 1 is 1.22 bits per heavy atom. The van der Waals surface area contributed by atoms with Gasteiger partial charge in [0.15, 0.2) is 5.76 Å². The van der Waals surface area contributed by atoms with Gasteiger partial charge in [0.25, 0.3) is 0 Å². The molecule has 2 heterocycles. The Balaban J connectivity index is 2.09. The molecule has 0 saturated heterocycles. The molecule has 0 spiro atoms. The number of furan rings is 1. The van der Waals surface area contributed by atoms with Crippen LogP contribution in [-0.4, -0.2) is 16.9 Å². The van der Waals surface area contributed by atoms with Gasteiger partial charge in [-0.05, 0) is 32.0 Å². The third kappa shape index (κ3) is 3.48. The standard InChI is InChI=1S/C17H16FN3OS/c1-12(2)20-17-21(15(11-23-17)16-8-5-9-22-16)19-10-13-6-3-4-7-14(13)18/h3-12H,1-2H3. The van der Waals surface area contributed by atoms with E-state index in [1.165, 1.54) is 23.6 Å². The van der Waals surface area contributed by atoms with Crippen LogP contribution >= 0.6 is 11.3 Å². The quantitative estimate of drug-likeness (QED) is 0.663. The Hall–Kier alpha value is -2.47. The molecule has 23 heavy (non-hydrogen) atoms. The van der Waals surface area contributed by atoms with Crippen LogP contribution in [0.2, 0.25) is 0 Å². The van der Waals surface area contributed by atoms with Crippen LogP contribution < -0.4 is 4.80 Å². The molecule has 0 fully saturated rings. The molecule has 0 amide bonds. The summed E-state index contributed by atoms with van der Waals surface area (Å²) < 4.78 is 20.9. The van der Waals surface area contributed by atoms with Crippen LogP contribution in [0.3, 0.4) is 0 Å². The summed E-state index contributed by atoms with van der Waals surface area (Å²) in [6.45, 7) is 3.99. The van der Waals surface area contributed by atoms with Crippen LogP contribution in [-0.2, 0) is 0 Å². The minimum Gasteiger partial charge on any atom is -0.463 e. The molecule has 3 aromatic rings. The zero-order chi connectivity index (χ0) is 16.2.